The first-order chi connectivity index (χ1) is 10.6. The van der Waals surface area contributed by atoms with Gasteiger partial charge in [0, 0.05) is 18.8 Å². The minimum atomic E-state index is -0.564. The van der Waals surface area contributed by atoms with Crippen LogP contribution in [0.2, 0.25) is 0 Å². The molecule has 1 aromatic carbocycles. The number of amides is 1. The number of halogens is 2. The Labute approximate surface area is 142 Å². The van der Waals surface area contributed by atoms with E-state index in [1.165, 1.54) is 6.07 Å². The largest absolute Gasteiger partial charge is 0.380 e. The van der Waals surface area contributed by atoms with Crippen LogP contribution in [0.3, 0.4) is 0 Å². The Morgan fingerprint density at radius 3 is 2.91 bits per heavy atom. The number of rotatable bonds is 7. The van der Waals surface area contributed by atoms with Crippen molar-refractivity contribution in [3.8, 4) is 0 Å². The standard InChI is InChI=1S/C16H24FN3O2.ClH/c1-2-4-14(18)16(21)20-11-6-7-15(13(17)9-11)19-10-12-5-3-8-22-12;/h6-7,9,12,14,19H,2-5,8,10,18H2,1H3,(H,20,21);1H. The van der Waals surface area contributed by atoms with Crippen molar-refractivity contribution in [3.63, 3.8) is 0 Å². The molecule has 1 aliphatic rings. The van der Waals surface area contributed by atoms with Crippen molar-refractivity contribution in [2.75, 3.05) is 23.8 Å². The molecule has 5 nitrogen and oxygen atoms in total. The molecule has 2 atom stereocenters. The van der Waals surface area contributed by atoms with Crippen molar-refractivity contribution in [3.05, 3.63) is 24.0 Å². The van der Waals surface area contributed by atoms with E-state index in [1.54, 1.807) is 12.1 Å². The number of nitrogens with two attached hydrogens (primary N) is 1. The lowest BCUT2D eigenvalue weighted by atomic mass is 10.1. The Morgan fingerprint density at radius 2 is 2.30 bits per heavy atom. The fourth-order valence-electron chi connectivity index (χ4n) is 2.44. The van der Waals surface area contributed by atoms with Gasteiger partial charge in [-0.25, -0.2) is 4.39 Å². The quantitative estimate of drug-likeness (QED) is 0.710. The Kier molecular flexibility index (Phi) is 8.30. The fourth-order valence-corrected chi connectivity index (χ4v) is 2.44. The monoisotopic (exact) mass is 345 g/mol. The summed E-state index contributed by atoms with van der Waals surface area (Å²) in [5, 5.41) is 5.68. The Hall–Kier alpha value is -1.37. The summed E-state index contributed by atoms with van der Waals surface area (Å²) in [7, 11) is 0. The van der Waals surface area contributed by atoms with E-state index in [0.717, 1.165) is 25.9 Å². The molecule has 1 fully saturated rings. The Morgan fingerprint density at radius 1 is 1.52 bits per heavy atom. The first-order valence-corrected chi connectivity index (χ1v) is 7.81. The molecule has 1 saturated heterocycles. The van der Waals surface area contributed by atoms with Gasteiger partial charge in [-0.15, -0.1) is 12.4 Å². The third kappa shape index (κ3) is 5.97. The van der Waals surface area contributed by atoms with E-state index >= 15 is 0 Å². The number of nitrogens with one attached hydrogen (secondary N) is 2. The molecule has 7 heteroatoms. The highest BCUT2D eigenvalue weighted by Gasteiger charge is 2.16. The smallest absolute Gasteiger partial charge is 0.241 e. The molecule has 0 radical (unpaired) electrons. The van der Waals surface area contributed by atoms with Crippen LogP contribution in [0.15, 0.2) is 18.2 Å². The van der Waals surface area contributed by atoms with Crippen molar-refractivity contribution in [1.82, 2.24) is 0 Å². The van der Waals surface area contributed by atoms with Crippen molar-refractivity contribution in [2.24, 2.45) is 5.73 Å². The zero-order valence-electron chi connectivity index (χ0n) is 13.3. The minimum Gasteiger partial charge on any atom is -0.380 e. The first kappa shape index (κ1) is 19.7. The molecule has 1 aromatic rings. The maximum Gasteiger partial charge on any atom is 0.241 e. The molecular weight excluding hydrogens is 321 g/mol. The molecule has 23 heavy (non-hydrogen) atoms. The van der Waals surface area contributed by atoms with Crippen LogP contribution in [0.4, 0.5) is 15.8 Å². The molecule has 1 amide bonds. The van der Waals surface area contributed by atoms with Crippen molar-refractivity contribution >= 4 is 29.7 Å². The molecule has 0 bridgehead atoms. The third-order valence-electron chi connectivity index (χ3n) is 3.72. The van der Waals surface area contributed by atoms with Gasteiger partial charge < -0.3 is 21.1 Å². The van der Waals surface area contributed by atoms with Crippen LogP contribution >= 0.6 is 12.4 Å². The molecule has 1 heterocycles. The normalized spacial score (nSPS) is 18.1. The highest BCUT2D eigenvalue weighted by Crippen LogP contribution is 2.20. The lowest BCUT2D eigenvalue weighted by Crippen LogP contribution is -2.35. The first-order valence-electron chi connectivity index (χ1n) is 7.81. The molecule has 4 N–H and O–H groups in total. The molecule has 0 aliphatic carbocycles. The van der Waals surface area contributed by atoms with Crippen LogP contribution in [-0.4, -0.2) is 31.2 Å². The zero-order chi connectivity index (χ0) is 15.9. The van der Waals surface area contributed by atoms with Crippen LogP contribution < -0.4 is 16.4 Å². The second-order valence-electron chi connectivity index (χ2n) is 5.59. The number of hydrogen-bond acceptors (Lipinski definition) is 4. The van der Waals surface area contributed by atoms with E-state index in [4.69, 9.17) is 10.5 Å². The highest BCUT2D eigenvalue weighted by molar-refractivity contribution is 5.94. The van der Waals surface area contributed by atoms with E-state index in [0.29, 0.717) is 24.3 Å². The maximum atomic E-state index is 14.0. The zero-order valence-corrected chi connectivity index (χ0v) is 14.1. The second kappa shape index (κ2) is 9.70. The number of carbonyl (C=O) groups excluding carboxylic acids is 1. The average molecular weight is 346 g/mol. The molecule has 0 spiro atoms. The van der Waals surface area contributed by atoms with Gasteiger partial charge in [-0.05, 0) is 37.5 Å². The summed E-state index contributed by atoms with van der Waals surface area (Å²) >= 11 is 0. The van der Waals surface area contributed by atoms with E-state index in [2.05, 4.69) is 10.6 Å². The summed E-state index contributed by atoms with van der Waals surface area (Å²) in [6, 6.07) is 4.02. The summed E-state index contributed by atoms with van der Waals surface area (Å²) in [4.78, 5) is 11.8. The van der Waals surface area contributed by atoms with Gasteiger partial charge in [-0.2, -0.15) is 0 Å². The summed E-state index contributed by atoms with van der Waals surface area (Å²) in [6.45, 7) is 3.32. The van der Waals surface area contributed by atoms with Gasteiger partial charge in [0.1, 0.15) is 5.82 Å². The number of benzene rings is 1. The van der Waals surface area contributed by atoms with Gasteiger partial charge in [0.2, 0.25) is 5.91 Å². The number of hydrogen-bond donors (Lipinski definition) is 3. The van der Waals surface area contributed by atoms with Gasteiger partial charge >= 0.3 is 0 Å². The van der Waals surface area contributed by atoms with Crippen LogP contribution in [0.1, 0.15) is 32.6 Å². The minimum absolute atomic E-state index is 0. The predicted molar refractivity (Wildman–Crippen MR) is 92.6 cm³/mol. The summed E-state index contributed by atoms with van der Waals surface area (Å²) < 4.78 is 19.5. The van der Waals surface area contributed by atoms with Gasteiger partial charge in [0.15, 0.2) is 0 Å². The summed E-state index contributed by atoms with van der Waals surface area (Å²) in [6.07, 6.45) is 3.63. The topological polar surface area (TPSA) is 76.4 Å². The lowest BCUT2D eigenvalue weighted by Gasteiger charge is -2.14. The molecule has 0 aromatic heterocycles. The van der Waals surface area contributed by atoms with Gasteiger partial charge in [0.05, 0.1) is 17.8 Å². The number of anilines is 2. The second-order valence-corrected chi connectivity index (χ2v) is 5.59. The molecular formula is C16H25ClFN3O2. The molecule has 1 aliphatic heterocycles. The van der Waals surface area contributed by atoms with Crippen molar-refractivity contribution in [1.29, 1.82) is 0 Å². The number of carbonyl (C=O) groups is 1. The van der Waals surface area contributed by atoms with Gasteiger partial charge in [-0.3, -0.25) is 4.79 Å². The van der Waals surface area contributed by atoms with Crippen LogP contribution in [0.5, 0.6) is 0 Å². The molecule has 2 unspecified atom stereocenters. The molecule has 0 saturated carbocycles. The van der Waals surface area contributed by atoms with Crippen LogP contribution in [0.25, 0.3) is 0 Å². The summed E-state index contributed by atoms with van der Waals surface area (Å²) in [5.74, 6) is -0.693. The van der Waals surface area contributed by atoms with Gasteiger partial charge in [0.25, 0.3) is 0 Å². The predicted octanol–water partition coefficient (Wildman–Crippen LogP) is 2.90. The Balaban J connectivity index is 0.00000264. The van der Waals surface area contributed by atoms with Crippen molar-refractivity contribution in [2.45, 2.75) is 44.8 Å². The summed E-state index contributed by atoms with van der Waals surface area (Å²) in [5.41, 5.74) is 6.55. The average Bonchev–Trinajstić information content (AvgIpc) is 3.00. The maximum absolute atomic E-state index is 14.0. The van der Waals surface area contributed by atoms with E-state index in [9.17, 15) is 9.18 Å². The van der Waals surface area contributed by atoms with E-state index in [-0.39, 0.29) is 24.4 Å². The molecule has 130 valence electrons. The number of ether oxygens (including phenoxy) is 1. The van der Waals surface area contributed by atoms with Crippen LogP contribution in [0, 0.1) is 5.82 Å². The SMILES string of the molecule is CCCC(N)C(=O)Nc1ccc(NCC2CCCO2)c(F)c1.Cl. The van der Waals surface area contributed by atoms with Gasteiger partial charge in [-0.1, -0.05) is 13.3 Å². The lowest BCUT2D eigenvalue weighted by molar-refractivity contribution is -0.117. The van der Waals surface area contributed by atoms with E-state index < -0.39 is 11.9 Å². The highest BCUT2D eigenvalue weighted by atomic mass is 35.5. The Bertz CT molecular complexity index is 510. The fraction of sp³-hybridized carbons (Fsp3) is 0.562. The third-order valence-corrected chi connectivity index (χ3v) is 3.72. The van der Waals surface area contributed by atoms with E-state index in [1.807, 2.05) is 6.92 Å². The molecule has 2 rings (SSSR count). The van der Waals surface area contributed by atoms with Crippen LogP contribution in [-0.2, 0) is 9.53 Å². The van der Waals surface area contributed by atoms with Crippen molar-refractivity contribution < 1.29 is 13.9 Å².